The molecule has 10 amide bonds. The van der Waals surface area contributed by atoms with E-state index in [9.17, 15) is 82.4 Å². The minimum absolute atomic E-state index is 0.00349. The molecular weight excluding hydrogens is 1150 g/mol. The zero-order valence-corrected chi connectivity index (χ0v) is 51.0. The maximum Gasteiger partial charge on any atom is 0.326 e. The van der Waals surface area contributed by atoms with E-state index in [1.165, 1.54) is 65.2 Å². The van der Waals surface area contributed by atoms with E-state index >= 15 is 0 Å². The molecule has 0 aliphatic rings. The molecule has 0 aliphatic heterocycles. The molecule has 29 nitrogen and oxygen atoms in total. The molecule has 88 heavy (non-hydrogen) atoms. The second-order valence-electron chi connectivity index (χ2n) is 21.8. The molecule has 8 atom stereocenters. The lowest BCUT2D eigenvalue weighted by Gasteiger charge is -2.26. The van der Waals surface area contributed by atoms with Crippen molar-refractivity contribution in [3.63, 3.8) is 0 Å². The molecule has 29 heteroatoms. The molecule has 0 saturated carbocycles. The van der Waals surface area contributed by atoms with Crippen molar-refractivity contribution in [1.82, 2.24) is 47.9 Å². The first-order chi connectivity index (χ1) is 41.7. The molecule has 1 rings (SSSR count). The van der Waals surface area contributed by atoms with Gasteiger partial charge in [0, 0.05) is 45.1 Å². The van der Waals surface area contributed by atoms with E-state index in [1.54, 1.807) is 30.3 Å². The van der Waals surface area contributed by atoms with E-state index in [0.717, 1.165) is 25.7 Å². The van der Waals surface area contributed by atoms with Crippen molar-refractivity contribution in [3.8, 4) is 0 Å². The third kappa shape index (κ3) is 36.7. The molecule has 0 fully saturated rings. The van der Waals surface area contributed by atoms with Crippen LogP contribution in [0.3, 0.4) is 0 Å². The van der Waals surface area contributed by atoms with Gasteiger partial charge in [0.1, 0.15) is 42.3 Å². The number of amides is 10. The Hall–Kier alpha value is -8.24. The predicted molar refractivity (Wildman–Crippen MR) is 320 cm³/mol. The van der Waals surface area contributed by atoms with Gasteiger partial charge in [-0.15, -0.1) is 0 Å². The lowest BCUT2D eigenvalue weighted by molar-refractivity contribution is -0.143. The summed E-state index contributed by atoms with van der Waals surface area (Å²) in [6, 6.07) is -3.42. The fraction of sp³-hybridized carbons (Fsp3) is 0.661. The number of carboxylic acids is 4. The predicted octanol–water partition coefficient (Wildman–Crippen LogP) is 0.818. The van der Waals surface area contributed by atoms with Crippen LogP contribution in [-0.2, 0) is 73.5 Å². The number of unbranched alkanes of at least 4 members (excludes halogenated alkanes) is 13. The Labute approximate surface area is 513 Å². The molecule has 0 heterocycles. The molecule has 0 radical (unpaired) electrons. The maximum atomic E-state index is 14.1. The second kappa shape index (κ2) is 45.1. The number of nitrogens with two attached hydrogens (primary N) is 2. The number of carbonyl (C=O) groups is 14. The van der Waals surface area contributed by atoms with E-state index in [-0.39, 0.29) is 64.3 Å². The normalized spacial score (nSPS) is 13.6. The third-order valence-electron chi connectivity index (χ3n) is 14.1. The fourth-order valence-electron chi connectivity index (χ4n) is 8.88. The van der Waals surface area contributed by atoms with Gasteiger partial charge in [0.2, 0.25) is 59.1 Å². The minimum Gasteiger partial charge on any atom is -0.481 e. The Balaban J connectivity index is 3.08. The zero-order chi connectivity index (χ0) is 66.0. The average molecular weight is 1250 g/mol. The summed E-state index contributed by atoms with van der Waals surface area (Å²) in [5, 5.41) is 59.6. The van der Waals surface area contributed by atoms with Crippen LogP contribution in [0, 0.1) is 0 Å². The molecule has 17 N–H and O–H groups in total. The van der Waals surface area contributed by atoms with Gasteiger partial charge in [-0.25, -0.2) is 9.59 Å². The highest BCUT2D eigenvalue weighted by Crippen LogP contribution is 2.14. The number of benzene rings is 1. The third-order valence-corrected chi connectivity index (χ3v) is 14.1. The maximum absolute atomic E-state index is 14.1. The summed E-state index contributed by atoms with van der Waals surface area (Å²) >= 11 is 0. The van der Waals surface area contributed by atoms with Gasteiger partial charge in [0.25, 0.3) is 0 Å². The molecule has 0 bridgehead atoms. The number of rotatable bonds is 50. The Morgan fingerprint density at radius 2 is 0.852 bits per heavy atom. The van der Waals surface area contributed by atoms with Gasteiger partial charge >= 0.3 is 23.9 Å². The second-order valence-corrected chi connectivity index (χ2v) is 21.8. The molecule has 0 saturated heterocycles. The molecule has 1 aromatic rings. The van der Waals surface area contributed by atoms with Gasteiger partial charge < -0.3 is 79.7 Å². The van der Waals surface area contributed by atoms with Crippen LogP contribution < -0.4 is 59.3 Å². The molecular formula is C59H95N11O18. The zero-order valence-electron chi connectivity index (χ0n) is 51.0. The van der Waals surface area contributed by atoms with E-state index in [4.69, 9.17) is 16.6 Å². The van der Waals surface area contributed by atoms with Crippen molar-refractivity contribution in [3.05, 3.63) is 35.9 Å². The van der Waals surface area contributed by atoms with E-state index < -0.39 is 164 Å². The molecule has 0 spiro atoms. The first kappa shape index (κ1) is 77.8. The monoisotopic (exact) mass is 1250 g/mol. The smallest absolute Gasteiger partial charge is 0.326 e. The molecule has 0 aliphatic carbocycles. The van der Waals surface area contributed by atoms with Gasteiger partial charge in [-0.3, -0.25) is 57.5 Å². The number of hydrogen-bond donors (Lipinski definition) is 15. The molecule has 1 aromatic carbocycles. The van der Waals surface area contributed by atoms with Crippen LogP contribution in [-0.4, -0.2) is 165 Å². The van der Waals surface area contributed by atoms with E-state index in [2.05, 4.69) is 54.8 Å². The van der Waals surface area contributed by atoms with Gasteiger partial charge in [0.05, 0.1) is 12.6 Å². The van der Waals surface area contributed by atoms with E-state index in [1.807, 2.05) is 0 Å². The van der Waals surface area contributed by atoms with Gasteiger partial charge in [-0.05, 0) is 70.8 Å². The summed E-state index contributed by atoms with van der Waals surface area (Å²) < 4.78 is 0. The average Bonchev–Trinajstić information content (AvgIpc) is 3.66. The first-order valence-electron chi connectivity index (χ1n) is 30.4. The van der Waals surface area contributed by atoms with Crippen LogP contribution in [0.4, 0.5) is 0 Å². The number of primary amides is 1. The lowest BCUT2D eigenvalue weighted by Crippen LogP contribution is -2.59. The lowest BCUT2D eigenvalue weighted by atomic mass is 10.0. The van der Waals surface area contributed by atoms with Crippen LogP contribution in [0.15, 0.2) is 30.3 Å². The fourth-order valence-corrected chi connectivity index (χ4v) is 8.88. The molecule has 0 aromatic heterocycles. The Morgan fingerprint density at radius 3 is 1.40 bits per heavy atom. The highest BCUT2D eigenvalue weighted by Gasteiger charge is 2.33. The standard InChI is InChI=1S/C59H95N11O18/c1-4-5-6-7-8-9-10-11-12-13-14-15-19-25-48(73)67-44(58(85)86)28-31-47(72)62-34-21-20-24-41(56(83)69-43(29-33-51(77)78)57(84)70-45(59(87)88)35-39-22-17-16-18-23-39)68-53(80)38(3)64-52(79)37(2)65-55(82)42(27-30-46(61)71)66-49(74)36-63-54(81)40(60)26-32-50(75)76/h16-18,22-23,37-38,40-45H,4-15,19-21,24-36,60H2,1-3H3,(H2,61,71)(H,62,72)(H,63,81)(H,64,79)(H,65,82)(H,66,74)(H,67,73)(H,68,80)(H,69,83)(H,70,84)(H,75,76)(H,77,78)(H,85,86)(H,87,88)/t37-,38-,40-,41-,42-,43-,44-,45-/m0/s1. The summed E-state index contributed by atoms with van der Waals surface area (Å²) in [5.74, 6) is -14.0. The number of hydrogen-bond acceptors (Lipinski definition) is 15. The van der Waals surface area contributed by atoms with Gasteiger partial charge in [-0.2, -0.15) is 0 Å². The molecule has 0 unspecified atom stereocenters. The van der Waals surface area contributed by atoms with Crippen molar-refractivity contribution < 1.29 is 87.5 Å². The topological polar surface area (TPSA) is 480 Å². The summed E-state index contributed by atoms with van der Waals surface area (Å²) in [4.78, 5) is 177. The van der Waals surface area contributed by atoms with Gasteiger partial charge in [-0.1, -0.05) is 114 Å². The van der Waals surface area contributed by atoms with Crippen LogP contribution in [0.1, 0.15) is 187 Å². The summed E-state index contributed by atoms with van der Waals surface area (Å²) in [5.41, 5.74) is 11.4. The van der Waals surface area contributed by atoms with Crippen molar-refractivity contribution >= 4 is 82.9 Å². The first-order valence-corrected chi connectivity index (χ1v) is 30.4. The number of carboxylic acid groups (broad SMARTS) is 4. The highest BCUT2D eigenvalue weighted by molar-refractivity contribution is 5.97. The van der Waals surface area contributed by atoms with Crippen LogP contribution in [0.2, 0.25) is 0 Å². The number of nitrogens with one attached hydrogen (secondary N) is 9. The summed E-state index contributed by atoms with van der Waals surface area (Å²) in [6.45, 7) is 3.91. The molecule has 494 valence electrons. The Bertz CT molecular complexity index is 2430. The van der Waals surface area contributed by atoms with Gasteiger partial charge in [0.15, 0.2) is 0 Å². The van der Waals surface area contributed by atoms with Crippen molar-refractivity contribution in [1.29, 1.82) is 0 Å². The van der Waals surface area contributed by atoms with Crippen molar-refractivity contribution in [2.24, 2.45) is 11.5 Å². The van der Waals surface area contributed by atoms with Crippen LogP contribution in [0.5, 0.6) is 0 Å². The van der Waals surface area contributed by atoms with Crippen molar-refractivity contribution in [2.75, 3.05) is 13.1 Å². The summed E-state index contributed by atoms with van der Waals surface area (Å²) in [7, 11) is 0. The number of aliphatic carboxylic acids is 4. The largest absolute Gasteiger partial charge is 0.481 e. The Kier molecular flexibility index (Phi) is 39.9. The van der Waals surface area contributed by atoms with E-state index in [0.29, 0.717) is 12.0 Å². The highest BCUT2D eigenvalue weighted by atomic mass is 16.4. The van der Waals surface area contributed by atoms with Crippen LogP contribution >= 0.6 is 0 Å². The summed E-state index contributed by atoms with van der Waals surface area (Å²) in [6.07, 6.45) is 11.6. The van der Waals surface area contributed by atoms with Crippen molar-refractivity contribution in [2.45, 2.75) is 236 Å². The minimum atomic E-state index is -1.65. The van der Waals surface area contributed by atoms with Crippen LogP contribution in [0.25, 0.3) is 0 Å². The quantitative estimate of drug-likeness (QED) is 0.0402. The SMILES string of the molecule is CCCCCCCCCCCCCCCC(=O)N[C@@H](CCC(=O)NCCCC[C@H](NC(=O)[C@H](C)NC(=O)[C@H](C)NC(=O)[C@H](CCC(N)=O)NC(=O)CNC(=O)[C@@H](N)CCC(=O)O)C(=O)N[C@@H](CCC(=O)O)C(=O)N[C@@H](Cc1ccccc1)C(=O)O)C(=O)O. The number of carbonyl (C=O) groups excluding carboxylic acids is 10. The Morgan fingerprint density at radius 1 is 0.409 bits per heavy atom.